The molecule has 2 N–H and O–H groups in total. The normalized spacial score (nSPS) is 16.5. The summed E-state index contributed by atoms with van der Waals surface area (Å²) in [6, 6.07) is 8.06. The molecule has 1 aromatic heterocycles. The number of aromatic nitrogens is 2. The van der Waals surface area contributed by atoms with Crippen molar-refractivity contribution in [2.24, 2.45) is 10.7 Å². The number of hydrogen-bond acceptors (Lipinski definition) is 3. The lowest BCUT2D eigenvalue weighted by atomic mass is 9.63. The molecule has 3 rings (SSSR count). The number of methoxy groups -OCH3 is 1. The molecule has 1 saturated carbocycles. The monoisotopic (exact) mass is 404 g/mol. The molecule has 0 unspecified atom stereocenters. The first-order chi connectivity index (χ1) is 12.0. The predicted molar refractivity (Wildman–Crippen MR) is 99.7 cm³/mol. The van der Waals surface area contributed by atoms with Gasteiger partial charge in [0.15, 0.2) is 0 Å². The van der Waals surface area contributed by atoms with Gasteiger partial charge in [-0.05, 0) is 30.5 Å². The van der Waals surface area contributed by atoms with E-state index in [2.05, 4.69) is 26.0 Å². The molecule has 1 heterocycles. The first-order valence-corrected chi connectivity index (χ1v) is 9.01. The third-order valence-electron chi connectivity index (χ3n) is 4.72. The maximum Gasteiger partial charge on any atom is 0.281 e. The van der Waals surface area contributed by atoms with E-state index < -0.39 is 0 Å². The average Bonchev–Trinajstić information content (AvgIpc) is 3.02. The van der Waals surface area contributed by atoms with Gasteiger partial charge >= 0.3 is 0 Å². The maximum atomic E-state index is 12.5. The van der Waals surface area contributed by atoms with Gasteiger partial charge in [0.1, 0.15) is 5.84 Å². The minimum absolute atomic E-state index is 0.331. The number of ether oxygens (including phenoxy) is 1. The van der Waals surface area contributed by atoms with Gasteiger partial charge in [0.2, 0.25) is 0 Å². The van der Waals surface area contributed by atoms with E-state index in [1.54, 1.807) is 18.0 Å². The minimum Gasteiger partial charge on any atom is -0.386 e. The Labute approximate surface area is 155 Å². The summed E-state index contributed by atoms with van der Waals surface area (Å²) in [5, 5.41) is 4.15. The molecule has 0 bridgehead atoms. The Morgan fingerprint density at radius 3 is 2.72 bits per heavy atom. The Balaban J connectivity index is 1.80. The third kappa shape index (κ3) is 3.67. The van der Waals surface area contributed by atoms with Crippen LogP contribution < -0.4 is 5.73 Å². The Kier molecular flexibility index (Phi) is 5.34. The van der Waals surface area contributed by atoms with Crippen molar-refractivity contribution >= 4 is 27.7 Å². The topological polar surface area (TPSA) is 82.5 Å². The molecular weight excluding hydrogens is 384 g/mol. The molecule has 7 heteroatoms. The first-order valence-electron chi connectivity index (χ1n) is 8.21. The van der Waals surface area contributed by atoms with Crippen molar-refractivity contribution < 1.29 is 9.53 Å². The molecule has 0 atom stereocenters. The molecule has 1 aliphatic rings. The highest BCUT2D eigenvalue weighted by Crippen LogP contribution is 2.44. The van der Waals surface area contributed by atoms with Gasteiger partial charge in [0.05, 0.1) is 30.3 Å². The van der Waals surface area contributed by atoms with Gasteiger partial charge in [0, 0.05) is 17.8 Å². The number of amides is 1. The predicted octanol–water partition coefficient (Wildman–Crippen LogP) is 2.91. The lowest BCUT2D eigenvalue weighted by molar-refractivity contribution is 0.100. The summed E-state index contributed by atoms with van der Waals surface area (Å²) >= 11 is 3.45. The van der Waals surface area contributed by atoms with Crippen LogP contribution in [0.25, 0.3) is 0 Å². The van der Waals surface area contributed by atoms with Crippen LogP contribution in [-0.4, -0.2) is 35.2 Å². The van der Waals surface area contributed by atoms with E-state index >= 15 is 0 Å². The Bertz CT molecular complexity index is 779. The Morgan fingerprint density at radius 1 is 1.40 bits per heavy atom. The zero-order valence-electron chi connectivity index (χ0n) is 14.1. The highest BCUT2D eigenvalue weighted by molar-refractivity contribution is 9.10. The molecule has 132 valence electrons. The highest BCUT2D eigenvalue weighted by Gasteiger charge is 2.42. The molecule has 25 heavy (non-hydrogen) atoms. The van der Waals surface area contributed by atoms with Crippen molar-refractivity contribution in [1.82, 2.24) is 9.78 Å². The van der Waals surface area contributed by atoms with Gasteiger partial charge in [-0.25, -0.2) is 0 Å². The lowest BCUT2D eigenvalue weighted by Gasteiger charge is -2.41. The Hall–Kier alpha value is -1.99. The second-order valence-electron chi connectivity index (χ2n) is 6.23. The molecule has 0 saturated heterocycles. The van der Waals surface area contributed by atoms with E-state index in [0.29, 0.717) is 24.6 Å². The van der Waals surface area contributed by atoms with E-state index in [1.165, 1.54) is 6.20 Å². The molecule has 0 aliphatic heterocycles. The van der Waals surface area contributed by atoms with Gasteiger partial charge in [-0.3, -0.25) is 9.48 Å². The number of amidine groups is 1. The molecule has 1 amide bonds. The number of benzene rings is 1. The molecule has 2 aromatic rings. The van der Waals surface area contributed by atoms with E-state index in [1.807, 2.05) is 24.3 Å². The van der Waals surface area contributed by atoms with Gasteiger partial charge < -0.3 is 10.5 Å². The number of rotatable bonds is 6. The van der Waals surface area contributed by atoms with E-state index in [4.69, 9.17) is 10.5 Å². The lowest BCUT2D eigenvalue weighted by Crippen LogP contribution is -2.47. The van der Waals surface area contributed by atoms with Crippen molar-refractivity contribution in [3.63, 3.8) is 0 Å². The number of carbonyl (C=O) groups is 1. The molecule has 0 spiro atoms. The zero-order valence-corrected chi connectivity index (χ0v) is 15.7. The summed E-state index contributed by atoms with van der Waals surface area (Å²) in [5.41, 5.74) is 7.49. The largest absolute Gasteiger partial charge is 0.386 e. The van der Waals surface area contributed by atoms with Crippen molar-refractivity contribution in [2.75, 3.05) is 13.7 Å². The van der Waals surface area contributed by atoms with Crippen molar-refractivity contribution in [3.8, 4) is 0 Å². The molecule has 0 radical (unpaired) electrons. The van der Waals surface area contributed by atoms with Crippen LogP contribution in [0.3, 0.4) is 0 Å². The number of aliphatic imine (C=N–C) groups is 1. The van der Waals surface area contributed by atoms with Gasteiger partial charge in [-0.1, -0.05) is 34.5 Å². The van der Waals surface area contributed by atoms with Crippen LogP contribution in [0.2, 0.25) is 0 Å². The maximum absolute atomic E-state index is 12.5. The summed E-state index contributed by atoms with van der Waals surface area (Å²) < 4.78 is 7.69. The molecule has 1 aliphatic carbocycles. The second kappa shape index (κ2) is 7.49. The van der Waals surface area contributed by atoms with Crippen LogP contribution in [0.4, 0.5) is 0 Å². The SMILES string of the molecule is COCCn1cc(C(=O)N=C(N)C2(c3ccc(Br)cc3)CCC2)cn1. The first kappa shape index (κ1) is 17.8. The molecule has 1 aromatic carbocycles. The smallest absolute Gasteiger partial charge is 0.281 e. The van der Waals surface area contributed by atoms with Crippen LogP contribution in [-0.2, 0) is 16.7 Å². The van der Waals surface area contributed by atoms with Crippen molar-refractivity contribution in [3.05, 3.63) is 52.3 Å². The second-order valence-corrected chi connectivity index (χ2v) is 7.15. The fourth-order valence-corrected chi connectivity index (χ4v) is 3.32. The van der Waals surface area contributed by atoms with Crippen LogP contribution in [0.15, 0.2) is 46.1 Å². The number of nitrogens with two attached hydrogens (primary N) is 1. The van der Waals surface area contributed by atoms with Gasteiger partial charge in [-0.15, -0.1) is 0 Å². The fourth-order valence-electron chi connectivity index (χ4n) is 3.05. The summed E-state index contributed by atoms with van der Waals surface area (Å²) in [6.07, 6.45) is 6.08. The number of hydrogen-bond donors (Lipinski definition) is 1. The summed E-state index contributed by atoms with van der Waals surface area (Å²) in [7, 11) is 1.63. The quantitative estimate of drug-likeness (QED) is 0.592. The van der Waals surface area contributed by atoms with Crippen LogP contribution >= 0.6 is 15.9 Å². The Morgan fingerprint density at radius 2 is 2.12 bits per heavy atom. The number of carbonyl (C=O) groups excluding carboxylic acids is 1. The minimum atomic E-state index is -0.357. The van der Waals surface area contributed by atoms with E-state index in [-0.39, 0.29) is 11.3 Å². The van der Waals surface area contributed by atoms with E-state index in [9.17, 15) is 4.79 Å². The molecule has 6 nitrogen and oxygen atoms in total. The van der Waals surface area contributed by atoms with Crippen molar-refractivity contribution in [2.45, 2.75) is 31.2 Å². The summed E-state index contributed by atoms with van der Waals surface area (Å²) in [6.45, 7) is 1.12. The number of nitrogens with zero attached hydrogens (tertiary/aromatic N) is 3. The van der Waals surface area contributed by atoms with Gasteiger partial charge in [0.25, 0.3) is 5.91 Å². The third-order valence-corrected chi connectivity index (χ3v) is 5.25. The van der Waals surface area contributed by atoms with E-state index in [0.717, 1.165) is 29.3 Å². The summed E-state index contributed by atoms with van der Waals surface area (Å²) in [5.74, 6) is 0.0280. The van der Waals surface area contributed by atoms with Crippen molar-refractivity contribution in [1.29, 1.82) is 0 Å². The average molecular weight is 405 g/mol. The standard InChI is InChI=1S/C18H21BrN4O2/c1-25-10-9-23-12-13(11-21-23)16(24)22-17(20)18(7-2-8-18)14-3-5-15(19)6-4-14/h3-6,11-12H,2,7-10H2,1H3,(H2,20,22,24). The molecular formula is C18H21BrN4O2. The van der Waals surface area contributed by atoms with Crippen LogP contribution in [0.5, 0.6) is 0 Å². The van der Waals surface area contributed by atoms with Crippen LogP contribution in [0.1, 0.15) is 35.2 Å². The summed E-state index contributed by atoms with van der Waals surface area (Å²) in [4.78, 5) is 16.6. The number of halogens is 1. The molecule has 1 fully saturated rings. The fraction of sp³-hybridized carbons (Fsp3) is 0.389. The van der Waals surface area contributed by atoms with Gasteiger partial charge in [-0.2, -0.15) is 10.1 Å². The highest BCUT2D eigenvalue weighted by atomic mass is 79.9. The van der Waals surface area contributed by atoms with Crippen LogP contribution in [0, 0.1) is 0 Å². The zero-order chi connectivity index (χ0) is 17.9.